The highest BCUT2D eigenvalue weighted by molar-refractivity contribution is 7.80. The summed E-state index contributed by atoms with van der Waals surface area (Å²) in [6.07, 6.45) is 1.55. The van der Waals surface area contributed by atoms with Crippen molar-refractivity contribution in [1.82, 2.24) is 5.32 Å². The van der Waals surface area contributed by atoms with Crippen LogP contribution in [0.25, 0.3) is 0 Å². The average molecular weight is 397 g/mol. The average Bonchev–Trinajstić information content (AvgIpc) is 3.12. The fourth-order valence-corrected chi connectivity index (χ4v) is 3.60. The molecule has 0 aromatic heterocycles. The molecule has 0 aliphatic carbocycles. The molecule has 1 fully saturated rings. The smallest absolute Gasteiger partial charge is 0.227 e. The lowest BCUT2D eigenvalue weighted by atomic mass is 10.2. The highest BCUT2D eigenvalue weighted by atomic mass is 32.1. The third-order valence-corrected chi connectivity index (χ3v) is 5.18. The van der Waals surface area contributed by atoms with Crippen LogP contribution >= 0.6 is 12.2 Å². The van der Waals surface area contributed by atoms with Crippen molar-refractivity contribution in [3.8, 4) is 0 Å². The molecule has 1 heterocycles. The van der Waals surface area contributed by atoms with Gasteiger partial charge in [-0.2, -0.15) is 0 Å². The fourth-order valence-electron chi connectivity index (χ4n) is 3.38. The van der Waals surface area contributed by atoms with Crippen molar-refractivity contribution in [3.05, 3.63) is 54.1 Å². The maximum atomic E-state index is 11.9. The Balaban J connectivity index is 1.50. The van der Waals surface area contributed by atoms with Crippen LogP contribution in [0.15, 0.2) is 48.5 Å². The summed E-state index contributed by atoms with van der Waals surface area (Å²) in [5.74, 6) is 0.189. The fraction of sp³-hybridized carbons (Fsp3) is 0.364. The summed E-state index contributed by atoms with van der Waals surface area (Å²) in [7, 11) is 0. The molecular weight excluding hydrogens is 368 g/mol. The Bertz CT molecular complexity index is 822. The Morgan fingerprint density at radius 1 is 1.21 bits per heavy atom. The van der Waals surface area contributed by atoms with E-state index in [0.717, 1.165) is 44.0 Å². The summed E-state index contributed by atoms with van der Waals surface area (Å²) in [4.78, 5) is 16.1. The van der Waals surface area contributed by atoms with Gasteiger partial charge in [0, 0.05) is 49.7 Å². The lowest BCUT2D eigenvalue weighted by Gasteiger charge is -2.24. The Morgan fingerprint density at radius 3 is 2.68 bits per heavy atom. The zero-order valence-electron chi connectivity index (χ0n) is 16.6. The molecule has 1 aliphatic heterocycles. The van der Waals surface area contributed by atoms with Gasteiger partial charge in [0.05, 0.1) is 0 Å². The first kappa shape index (κ1) is 20.1. The summed E-state index contributed by atoms with van der Waals surface area (Å²) >= 11 is 5.44. The molecule has 0 atom stereocenters. The largest absolute Gasteiger partial charge is 0.370 e. The first-order valence-electron chi connectivity index (χ1n) is 9.83. The molecule has 1 saturated heterocycles. The van der Waals surface area contributed by atoms with Gasteiger partial charge >= 0.3 is 0 Å². The van der Waals surface area contributed by atoms with Gasteiger partial charge in [-0.3, -0.25) is 4.79 Å². The Morgan fingerprint density at radius 2 is 2.00 bits per heavy atom. The number of nitrogens with one attached hydrogen (secondary N) is 2. The summed E-state index contributed by atoms with van der Waals surface area (Å²) in [5.41, 5.74) is 4.30. The van der Waals surface area contributed by atoms with Crippen LogP contribution in [-0.4, -0.2) is 37.2 Å². The van der Waals surface area contributed by atoms with Crippen LogP contribution in [0.2, 0.25) is 0 Å². The van der Waals surface area contributed by atoms with Crippen molar-refractivity contribution in [2.24, 2.45) is 0 Å². The minimum Gasteiger partial charge on any atom is -0.370 e. The maximum absolute atomic E-state index is 11.9. The van der Waals surface area contributed by atoms with Crippen molar-refractivity contribution in [2.75, 3.05) is 41.3 Å². The van der Waals surface area contributed by atoms with Crippen LogP contribution in [0.5, 0.6) is 0 Å². The molecule has 0 saturated carbocycles. The van der Waals surface area contributed by atoms with Gasteiger partial charge < -0.3 is 20.4 Å². The number of nitrogens with zero attached hydrogens (tertiary/aromatic N) is 2. The number of hydrogen-bond donors (Lipinski definition) is 2. The molecule has 2 aromatic carbocycles. The van der Waals surface area contributed by atoms with Crippen molar-refractivity contribution in [1.29, 1.82) is 0 Å². The van der Waals surface area contributed by atoms with Crippen LogP contribution in [0.4, 0.5) is 17.1 Å². The zero-order chi connectivity index (χ0) is 19.9. The minimum atomic E-state index is 0.189. The molecule has 3 rings (SSSR count). The number of rotatable bonds is 7. The number of hydrogen-bond acceptors (Lipinski definition) is 3. The molecule has 1 aliphatic rings. The topological polar surface area (TPSA) is 47.6 Å². The third kappa shape index (κ3) is 5.23. The van der Waals surface area contributed by atoms with E-state index in [0.29, 0.717) is 11.5 Å². The van der Waals surface area contributed by atoms with Gasteiger partial charge in [0.1, 0.15) is 0 Å². The number of thiocarbonyl (C=S) groups is 1. The van der Waals surface area contributed by atoms with E-state index in [4.69, 9.17) is 12.2 Å². The number of carbonyl (C=O) groups excluding carboxylic acids is 1. The van der Waals surface area contributed by atoms with Gasteiger partial charge in [0.2, 0.25) is 5.91 Å². The molecule has 148 valence electrons. The lowest BCUT2D eigenvalue weighted by Crippen LogP contribution is -2.37. The molecule has 0 unspecified atom stereocenters. The van der Waals surface area contributed by atoms with E-state index in [9.17, 15) is 4.79 Å². The molecule has 0 radical (unpaired) electrons. The minimum absolute atomic E-state index is 0.189. The van der Waals surface area contributed by atoms with Crippen molar-refractivity contribution in [2.45, 2.75) is 26.7 Å². The first-order chi connectivity index (χ1) is 13.6. The summed E-state index contributed by atoms with van der Waals surface area (Å²) in [6.45, 7) is 7.59. The molecule has 5 nitrogen and oxygen atoms in total. The van der Waals surface area contributed by atoms with Crippen molar-refractivity contribution < 1.29 is 4.79 Å². The SMILES string of the molecule is CCN(CCNC(=S)Nc1cccc(N2CCCC2=O)c1)c1ccc(C)cc1. The van der Waals surface area contributed by atoms with E-state index in [-0.39, 0.29) is 5.91 Å². The molecular formula is C22H28N4OS. The normalized spacial score (nSPS) is 13.5. The van der Waals surface area contributed by atoms with Crippen molar-refractivity contribution >= 4 is 40.3 Å². The second-order valence-corrected chi connectivity index (χ2v) is 7.40. The van der Waals surface area contributed by atoms with Gasteiger partial charge in [0.25, 0.3) is 0 Å². The molecule has 2 aromatic rings. The number of likely N-dealkylation sites (N-methyl/N-ethyl adjacent to an activating group) is 1. The van der Waals surface area contributed by atoms with Crippen LogP contribution in [0, 0.1) is 6.92 Å². The summed E-state index contributed by atoms with van der Waals surface area (Å²) in [5, 5.41) is 7.08. The highest BCUT2D eigenvalue weighted by Crippen LogP contribution is 2.24. The molecule has 0 bridgehead atoms. The van der Waals surface area contributed by atoms with Crippen LogP contribution in [0.3, 0.4) is 0 Å². The highest BCUT2D eigenvalue weighted by Gasteiger charge is 2.21. The second kappa shape index (κ2) is 9.55. The lowest BCUT2D eigenvalue weighted by molar-refractivity contribution is -0.117. The van der Waals surface area contributed by atoms with E-state index in [1.807, 2.05) is 29.2 Å². The number of amides is 1. The number of benzene rings is 2. The third-order valence-electron chi connectivity index (χ3n) is 4.94. The van der Waals surface area contributed by atoms with Gasteiger partial charge in [-0.15, -0.1) is 0 Å². The molecule has 28 heavy (non-hydrogen) atoms. The number of anilines is 3. The predicted octanol–water partition coefficient (Wildman–Crippen LogP) is 3.93. The quantitative estimate of drug-likeness (QED) is 0.695. The Labute approximate surface area is 172 Å². The van der Waals surface area contributed by atoms with Gasteiger partial charge in [-0.25, -0.2) is 0 Å². The number of carbonyl (C=O) groups is 1. The van der Waals surface area contributed by atoms with Crippen LogP contribution in [0.1, 0.15) is 25.3 Å². The molecule has 2 N–H and O–H groups in total. The standard InChI is InChI=1S/C22H28N4OS/c1-3-25(19-11-9-17(2)10-12-19)15-13-23-22(28)24-18-6-4-7-20(16-18)26-14-5-8-21(26)27/h4,6-7,9-12,16H,3,5,8,13-15H2,1-2H3,(H2,23,24,28). The van der Waals surface area contributed by atoms with E-state index in [1.54, 1.807) is 0 Å². The summed E-state index contributed by atoms with van der Waals surface area (Å²) in [6, 6.07) is 16.4. The van der Waals surface area contributed by atoms with Gasteiger partial charge in [-0.05, 0) is 62.8 Å². The molecule has 6 heteroatoms. The maximum Gasteiger partial charge on any atom is 0.227 e. The second-order valence-electron chi connectivity index (χ2n) is 7.00. The number of aryl methyl sites for hydroxylation is 1. The Kier molecular flexibility index (Phi) is 6.87. The monoisotopic (exact) mass is 396 g/mol. The van der Waals surface area contributed by atoms with E-state index < -0.39 is 0 Å². The van der Waals surface area contributed by atoms with E-state index >= 15 is 0 Å². The van der Waals surface area contributed by atoms with Crippen LogP contribution < -0.4 is 20.4 Å². The molecule has 0 spiro atoms. The van der Waals surface area contributed by atoms with Crippen LogP contribution in [-0.2, 0) is 4.79 Å². The van der Waals surface area contributed by atoms with E-state index in [1.165, 1.54) is 11.3 Å². The van der Waals surface area contributed by atoms with Crippen molar-refractivity contribution in [3.63, 3.8) is 0 Å². The van der Waals surface area contributed by atoms with Gasteiger partial charge in [0.15, 0.2) is 5.11 Å². The van der Waals surface area contributed by atoms with E-state index in [2.05, 4.69) is 53.6 Å². The zero-order valence-corrected chi connectivity index (χ0v) is 17.4. The Hall–Kier alpha value is -2.60. The molecule has 1 amide bonds. The summed E-state index contributed by atoms with van der Waals surface area (Å²) < 4.78 is 0. The van der Waals surface area contributed by atoms with Gasteiger partial charge in [-0.1, -0.05) is 23.8 Å². The first-order valence-corrected chi connectivity index (χ1v) is 10.2. The predicted molar refractivity (Wildman–Crippen MR) is 121 cm³/mol.